The van der Waals surface area contributed by atoms with Crippen LogP contribution in [0.1, 0.15) is 10.4 Å². The van der Waals surface area contributed by atoms with Crippen molar-refractivity contribution in [1.82, 2.24) is 4.72 Å². The number of carbonyl (C=O) groups is 1. The molecule has 0 aromatic heterocycles. The van der Waals surface area contributed by atoms with E-state index in [1.54, 1.807) is 4.72 Å². The van der Waals surface area contributed by atoms with E-state index in [1.165, 1.54) is 19.4 Å². The lowest BCUT2D eigenvalue weighted by molar-refractivity contribution is 0.0693. The predicted molar refractivity (Wildman–Crippen MR) is 55.9 cm³/mol. The van der Waals surface area contributed by atoms with Crippen LogP contribution in [-0.2, 0) is 10.0 Å². The number of benzene rings is 1. The van der Waals surface area contributed by atoms with Gasteiger partial charge in [0, 0.05) is 0 Å². The average Bonchev–Trinajstić information content (AvgIpc) is 2.28. The maximum atomic E-state index is 11.4. The Morgan fingerprint density at radius 1 is 1.53 bits per heavy atom. The minimum absolute atomic E-state index is 0.0356. The van der Waals surface area contributed by atoms with Gasteiger partial charge in [0.05, 0.1) is 12.0 Å². The Labute approximate surface area is 97.3 Å². The number of aromatic carboxylic acids is 1. The van der Waals surface area contributed by atoms with Crippen LogP contribution < -0.4 is 9.46 Å². The normalized spacial score (nSPS) is 10.4. The highest BCUT2D eigenvalue weighted by Crippen LogP contribution is 2.22. The number of sulfonamides is 1. The van der Waals surface area contributed by atoms with Crippen LogP contribution in [0.5, 0.6) is 5.75 Å². The molecule has 1 rings (SSSR count). The molecule has 0 saturated carbocycles. The third-order valence-corrected chi connectivity index (χ3v) is 3.13. The second kappa shape index (κ2) is 4.71. The summed E-state index contributed by atoms with van der Waals surface area (Å²) in [5.74, 6) is -1.29. The highest BCUT2D eigenvalue weighted by molar-refractivity contribution is 7.89. The van der Waals surface area contributed by atoms with E-state index in [4.69, 9.17) is 15.1 Å². The van der Waals surface area contributed by atoms with Crippen LogP contribution in [0.4, 0.5) is 0 Å². The summed E-state index contributed by atoms with van der Waals surface area (Å²) in [5.41, 5.74) is -0.298. The van der Waals surface area contributed by atoms with Gasteiger partial charge < -0.3 is 9.84 Å². The summed E-state index contributed by atoms with van der Waals surface area (Å²) in [6, 6.07) is 3.27. The zero-order valence-electron chi connectivity index (χ0n) is 8.67. The van der Waals surface area contributed by atoms with Gasteiger partial charge in [-0.2, -0.15) is 5.26 Å². The zero-order valence-corrected chi connectivity index (χ0v) is 9.48. The van der Waals surface area contributed by atoms with Crippen molar-refractivity contribution in [2.45, 2.75) is 4.90 Å². The van der Waals surface area contributed by atoms with Gasteiger partial charge in [0.2, 0.25) is 0 Å². The zero-order chi connectivity index (χ0) is 13.1. The van der Waals surface area contributed by atoms with Gasteiger partial charge in [0.15, 0.2) is 6.19 Å². The van der Waals surface area contributed by atoms with Crippen LogP contribution in [0.25, 0.3) is 0 Å². The fourth-order valence-corrected chi connectivity index (χ4v) is 1.90. The Kier molecular flexibility index (Phi) is 3.55. The van der Waals surface area contributed by atoms with Gasteiger partial charge in [0.1, 0.15) is 11.3 Å². The molecule has 0 aliphatic carbocycles. The first-order valence-corrected chi connectivity index (χ1v) is 5.73. The second-order valence-electron chi connectivity index (χ2n) is 2.88. The van der Waals surface area contributed by atoms with Crippen molar-refractivity contribution >= 4 is 16.0 Å². The summed E-state index contributed by atoms with van der Waals surface area (Å²) in [7, 11) is -2.75. The Balaban J connectivity index is 3.37. The molecule has 0 spiro atoms. The number of ether oxygens (including phenoxy) is 1. The number of hydrogen-bond donors (Lipinski definition) is 2. The van der Waals surface area contributed by atoms with Crippen LogP contribution >= 0.6 is 0 Å². The molecule has 0 bridgehead atoms. The first-order chi connectivity index (χ1) is 7.92. The van der Waals surface area contributed by atoms with Gasteiger partial charge in [0.25, 0.3) is 10.0 Å². The number of nitrogens with one attached hydrogen (secondary N) is 1. The molecule has 2 N–H and O–H groups in total. The van der Waals surface area contributed by atoms with Gasteiger partial charge in [-0.3, -0.25) is 0 Å². The molecule has 7 nitrogen and oxygen atoms in total. The highest BCUT2D eigenvalue weighted by atomic mass is 32.2. The molecule has 0 aliphatic heterocycles. The highest BCUT2D eigenvalue weighted by Gasteiger charge is 2.18. The molecule has 0 amide bonds. The maximum Gasteiger partial charge on any atom is 0.339 e. The topological polar surface area (TPSA) is 116 Å². The lowest BCUT2D eigenvalue weighted by atomic mass is 10.2. The molecule has 17 heavy (non-hydrogen) atoms. The van der Waals surface area contributed by atoms with Crippen molar-refractivity contribution < 1.29 is 23.1 Å². The van der Waals surface area contributed by atoms with Crippen molar-refractivity contribution in [2.24, 2.45) is 0 Å². The Hall–Kier alpha value is -2.27. The van der Waals surface area contributed by atoms with E-state index < -0.39 is 16.0 Å². The number of carboxylic acid groups (broad SMARTS) is 1. The van der Waals surface area contributed by atoms with Gasteiger partial charge >= 0.3 is 5.97 Å². The molecule has 1 aromatic rings. The minimum atomic E-state index is -4.02. The molecule has 0 radical (unpaired) electrons. The largest absolute Gasteiger partial charge is 0.496 e. The van der Waals surface area contributed by atoms with E-state index in [2.05, 4.69) is 0 Å². The van der Waals surface area contributed by atoms with Gasteiger partial charge in [-0.05, 0) is 18.2 Å². The lowest BCUT2D eigenvalue weighted by Crippen LogP contribution is -2.18. The number of rotatable bonds is 4. The van der Waals surface area contributed by atoms with Crippen molar-refractivity contribution in [3.05, 3.63) is 23.8 Å². The molecule has 0 heterocycles. The summed E-state index contributed by atoms with van der Waals surface area (Å²) >= 11 is 0. The van der Waals surface area contributed by atoms with E-state index in [0.717, 1.165) is 12.1 Å². The van der Waals surface area contributed by atoms with Crippen LogP contribution in [0, 0.1) is 11.5 Å². The van der Waals surface area contributed by atoms with Crippen molar-refractivity contribution in [2.75, 3.05) is 7.11 Å². The van der Waals surface area contributed by atoms with Crippen molar-refractivity contribution in [1.29, 1.82) is 5.26 Å². The average molecular weight is 256 g/mol. The van der Waals surface area contributed by atoms with Gasteiger partial charge in [-0.1, -0.05) is 0 Å². The third kappa shape index (κ3) is 2.64. The molecule has 0 atom stereocenters. The first kappa shape index (κ1) is 12.8. The van der Waals surface area contributed by atoms with E-state index in [-0.39, 0.29) is 16.2 Å². The molecule has 0 saturated heterocycles. The van der Waals surface area contributed by atoms with E-state index in [1.807, 2.05) is 0 Å². The number of carboxylic acids is 1. The summed E-state index contributed by atoms with van der Waals surface area (Å²) in [6.45, 7) is 0. The monoisotopic (exact) mass is 256 g/mol. The minimum Gasteiger partial charge on any atom is -0.496 e. The van der Waals surface area contributed by atoms with Crippen molar-refractivity contribution in [3.63, 3.8) is 0 Å². The number of hydrogen-bond acceptors (Lipinski definition) is 5. The summed E-state index contributed by atoms with van der Waals surface area (Å²) in [5, 5.41) is 17.1. The Morgan fingerprint density at radius 2 is 2.18 bits per heavy atom. The SMILES string of the molecule is COc1ccc(S(=O)(=O)NC#N)cc1C(=O)O. The predicted octanol–water partition coefficient (Wildman–Crippen LogP) is 0.153. The second-order valence-corrected chi connectivity index (χ2v) is 4.57. The molecular weight excluding hydrogens is 248 g/mol. The molecule has 0 unspecified atom stereocenters. The van der Waals surface area contributed by atoms with E-state index in [0.29, 0.717) is 0 Å². The molecule has 90 valence electrons. The van der Waals surface area contributed by atoms with E-state index in [9.17, 15) is 13.2 Å². The molecule has 0 fully saturated rings. The van der Waals surface area contributed by atoms with Crippen LogP contribution in [0.2, 0.25) is 0 Å². The van der Waals surface area contributed by atoms with Gasteiger partial charge in [-0.15, -0.1) is 0 Å². The molecule has 8 heteroatoms. The summed E-state index contributed by atoms with van der Waals surface area (Å²) in [4.78, 5) is 10.5. The van der Waals surface area contributed by atoms with Crippen LogP contribution in [0.15, 0.2) is 23.1 Å². The lowest BCUT2D eigenvalue weighted by Gasteiger charge is -2.07. The number of methoxy groups -OCH3 is 1. The Morgan fingerprint density at radius 3 is 2.65 bits per heavy atom. The van der Waals surface area contributed by atoms with Gasteiger partial charge in [-0.25, -0.2) is 17.9 Å². The number of nitriles is 1. The van der Waals surface area contributed by atoms with E-state index >= 15 is 0 Å². The first-order valence-electron chi connectivity index (χ1n) is 4.24. The summed E-state index contributed by atoms with van der Waals surface area (Å²) in [6.07, 6.45) is 1.27. The molecular formula is C9H8N2O5S. The fourth-order valence-electron chi connectivity index (χ4n) is 1.14. The molecule has 0 aliphatic rings. The summed E-state index contributed by atoms with van der Waals surface area (Å²) < 4.78 is 29.2. The fraction of sp³-hybridized carbons (Fsp3) is 0.111. The number of nitrogens with zero attached hydrogens (tertiary/aromatic N) is 1. The quantitative estimate of drug-likeness (QED) is 0.585. The molecule has 1 aromatic carbocycles. The standard InChI is InChI=1S/C9H8N2O5S/c1-16-8-3-2-6(4-7(8)9(12)13)17(14,15)11-5-10/h2-4,11H,1H3,(H,12,13). The third-order valence-electron chi connectivity index (χ3n) is 1.89. The smallest absolute Gasteiger partial charge is 0.339 e. The Bertz CT molecular complexity index is 588. The van der Waals surface area contributed by atoms with Crippen LogP contribution in [-0.4, -0.2) is 26.6 Å². The van der Waals surface area contributed by atoms with Crippen LogP contribution in [0.3, 0.4) is 0 Å². The maximum absolute atomic E-state index is 11.4. The van der Waals surface area contributed by atoms with Crippen molar-refractivity contribution in [3.8, 4) is 11.9 Å².